The third-order valence-corrected chi connectivity index (χ3v) is 3.07. The van der Waals surface area contributed by atoms with Crippen molar-refractivity contribution in [3.8, 4) is 0 Å². The van der Waals surface area contributed by atoms with Crippen LogP contribution < -0.4 is 0 Å². The average molecular weight is 353 g/mol. The first-order valence-electron chi connectivity index (χ1n) is 5.01. The Morgan fingerprint density at radius 1 is 1.08 bits per heavy atom. The molecule has 2 unspecified atom stereocenters. The van der Waals surface area contributed by atoms with Gasteiger partial charge in [0.05, 0.1) is 0 Å². The van der Waals surface area contributed by atoms with Gasteiger partial charge < -0.3 is 5.32 Å². The van der Waals surface area contributed by atoms with Gasteiger partial charge in [0.2, 0.25) is 0 Å². The summed E-state index contributed by atoms with van der Waals surface area (Å²) >= 11 is 0. The fourth-order valence-corrected chi connectivity index (χ4v) is 2.79. The Kier molecular flexibility index (Phi) is 3.57. The first kappa shape index (κ1) is 11.7. The second kappa shape index (κ2) is 3.98. The Labute approximate surface area is 95.1 Å². The number of piperazine rings is 1. The molecule has 3 heteroatoms. The van der Waals surface area contributed by atoms with E-state index in [-0.39, 0.29) is 20.4 Å². The van der Waals surface area contributed by atoms with E-state index in [0.717, 1.165) is 25.2 Å². The molecule has 0 aromatic heterocycles. The van der Waals surface area contributed by atoms with Crippen LogP contribution in [0.25, 0.3) is 5.32 Å². The van der Waals surface area contributed by atoms with Crippen LogP contribution in [-0.4, -0.2) is 35.6 Å². The van der Waals surface area contributed by atoms with Crippen LogP contribution in [0.4, 0.5) is 0 Å². The van der Waals surface area contributed by atoms with E-state index >= 15 is 0 Å². The molecule has 0 aromatic carbocycles. The third kappa shape index (κ3) is 2.15. The maximum absolute atomic E-state index is 4.52. The number of nitrogens with zero attached hydrogens (tertiary/aromatic N) is 2. The minimum absolute atomic E-state index is 0. The Hall–Kier alpha value is 0.582. The summed E-state index contributed by atoms with van der Waals surface area (Å²) < 4.78 is 0. The summed E-state index contributed by atoms with van der Waals surface area (Å²) in [4.78, 5) is 2.68. The molecule has 2 rings (SSSR count). The molecule has 13 heavy (non-hydrogen) atoms. The molecular formula is C10H19N2Re-. The Balaban J connectivity index is 0.000000845. The molecular weight excluding hydrogens is 334 g/mol. The van der Waals surface area contributed by atoms with E-state index in [9.17, 15) is 0 Å². The van der Waals surface area contributed by atoms with Crippen molar-refractivity contribution in [1.29, 1.82) is 0 Å². The molecule has 2 heterocycles. The molecule has 2 aliphatic heterocycles. The quantitative estimate of drug-likeness (QED) is 0.651. The molecule has 2 atom stereocenters. The van der Waals surface area contributed by atoms with E-state index in [0.29, 0.717) is 5.54 Å². The number of hydrogen-bond acceptors (Lipinski definition) is 1. The van der Waals surface area contributed by atoms with E-state index in [1.54, 1.807) is 0 Å². The van der Waals surface area contributed by atoms with Gasteiger partial charge >= 0.3 is 0 Å². The Bertz CT molecular complexity index is 160. The van der Waals surface area contributed by atoms with Crippen LogP contribution in [0.5, 0.6) is 0 Å². The van der Waals surface area contributed by atoms with Gasteiger partial charge in [0.15, 0.2) is 0 Å². The van der Waals surface area contributed by atoms with Gasteiger partial charge in [-0.1, -0.05) is 0 Å². The van der Waals surface area contributed by atoms with Crippen LogP contribution in [0.1, 0.15) is 33.6 Å². The van der Waals surface area contributed by atoms with Gasteiger partial charge in [-0.05, 0) is 45.7 Å². The van der Waals surface area contributed by atoms with Crippen molar-refractivity contribution in [1.82, 2.24) is 4.90 Å². The van der Waals surface area contributed by atoms with E-state index in [4.69, 9.17) is 0 Å². The van der Waals surface area contributed by atoms with Gasteiger partial charge in [-0.2, -0.15) is 0 Å². The minimum atomic E-state index is 0. The molecule has 2 bridgehead atoms. The van der Waals surface area contributed by atoms with E-state index in [1.807, 2.05) is 0 Å². The van der Waals surface area contributed by atoms with Gasteiger partial charge in [-0.15, -0.1) is 13.1 Å². The standard InChI is InChI=1S/C10H19N2.Re/c1-10(2,3)12-8-4-5-9(12)7-11-6-8;/h8-9H,4-7H2,1-3H3;/q-1;. The van der Waals surface area contributed by atoms with Crippen molar-refractivity contribution in [2.45, 2.75) is 51.2 Å². The van der Waals surface area contributed by atoms with Crippen molar-refractivity contribution in [3.63, 3.8) is 0 Å². The van der Waals surface area contributed by atoms with Gasteiger partial charge in [-0.25, -0.2) is 0 Å². The van der Waals surface area contributed by atoms with Crippen LogP contribution in [0.3, 0.4) is 0 Å². The maximum atomic E-state index is 4.52. The number of hydrogen-bond donors (Lipinski definition) is 0. The molecule has 0 N–H and O–H groups in total. The van der Waals surface area contributed by atoms with Crippen LogP contribution in [0, 0.1) is 0 Å². The van der Waals surface area contributed by atoms with Gasteiger partial charge in [0.1, 0.15) is 0 Å². The smallest absolute Gasteiger partial charge is 0.0129 e. The van der Waals surface area contributed by atoms with Crippen LogP contribution in [0.2, 0.25) is 0 Å². The molecule has 0 aromatic rings. The fourth-order valence-electron chi connectivity index (χ4n) is 2.79. The average Bonchev–Trinajstić information content (AvgIpc) is 2.23. The van der Waals surface area contributed by atoms with Crippen LogP contribution in [-0.2, 0) is 20.4 Å². The number of fused-ring (bicyclic) bond motifs is 2. The molecule has 0 saturated carbocycles. The van der Waals surface area contributed by atoms with Gasteiger partial charge in [-0.3, -0.25) is 4.90 Å². The normalized spacial score (nSPS) is 34.4. The summed E-state index contributed by atoms with van der Waals surface area (Å²) in [6.45, 7) is 9.12. The SMILES string of the molecule is CC(C)(C)N1C2CCC1C[N-]C2.[Re]. The molecule has 0 amide bonds. The summed E-state index contributed by atoms with van der Waals surface area (Å²) in [5, 5.41) is 4.52. The summed E-state index contributed by atoms with van der Waals surface area (Å²) in [5.41, 5.74) is 0.349. The van der Waals surface area contributed by atoms with E-state index in [2.05, 4.69) is 31.0 Å². The van der Waals surface area contributed by atoms with E-state index in [1.165, 1.54) is 12.8 Å². The predicted molar refractivity (Wildman–Crippen MR) is 51.5 cm³/mol. The largest absolute Gasteiger partial charge is 0.660 e. The van der Waals surface area contributed by atoms with Crippen molar-refractivity contribution >= 4 is 0 Å². The Morgan fingerprint density at radius 3 is 1.85 bits per heavy atom. The van der Waals surface area contributed by atoms with Crippen molar-refractivity contribution in [3.05, 3.63) is 5.32 Å². The topological polar surface area (TPSA) is 17.3 Å². The van der Waals surface area contributed by atoms with Crippen molar-refractivity contribution in [2.24, 2.45) is 0 Å². The monoisotopic (exact) mass is 354 g/mol. The van der Waals surface area contributed by atoms with Crippen LogP contribution >= 0.6 is 0 Å². The molecule has 2 nitrogen and oxygen atoms in total. The van der Waals surface area contributed by atoms with Gasteiger partial charge in [0, 0.05) is 26.0 Å². The zero-order chi connectivity index (χ0) is 8.77. The summed E-state index contributed by atoms with van der Waals surface area (Å²) in [7, 11) is 0. The minimum Gasteiger partial charge on any atom is -0.660 e. The zero-order valence-electron chi connectivity index (χ0n) is 8.76. The molecule has 2 saturated heterocycles. The first-order valence-corrected chi connectivity index (χ1v) is 5.01. The molecule has 0 aliphatic carbocycles. The summed E-state index contributed by atoms with van der Waals surface area (Å²) in [5.74, 6) is 0. The molecule has 2 fully saturated rings. The second-order valence-corrected chi connectivity index (χ2v) is 5.05. The van der Waals surface area contributed by atoms with Crippen molar-refractivity contribution in [2.75, 3.05) is 13.1 Å². The molecule has 1 radical (unpaired) electrons. The van der Waals surface area contributed by atoms with E-state index < -0.39 is 0 Å². The first-order chi connectivity index (χ1) is 5.59. The maximum Gasteiger partial charge on any atom is 0.0129 e. The second-order valence-electron chi connectivity index (χ2n) is 5.05. The Morgan fingerprint density at radius 2 is 1.54 bits per heavy atom. The summed E-state index contributed by atoms with van der Waals surface area (Å²) in [6, 6.07) is 1.51. The third-order valence-electron chi connectivity index (χ3n) is 3.07. The number of rotatable bonds is 0. The molecule has 77 valence electrons. The zero-order valence-corrected chi connectivity index (χ0v) is 11.5. The van der Waals surface area contributed by atoms with Gasteiger partial charge in [0.25, 0.3) is 0 Å². The van der Waals surface area contributed by atoms with Crippen LogP contribution in [0.15, 0.2) is 0 Å². The molecule has 2 aliphatic rings. The predicted octanol–water partition coefficient (Wildman–Crippen LogP) is 2.00. The molecule has 0 spiro atoms. The summed E-state index contributed by atoms with van der Waals surface area (Å²) in [6.07, 6.45) is 2.73. The van der Waals surface area contributed by atoms with Crippen molar-refractivity contribution < 1.29 is 20.4 Å². The fraction of sp³-hybridized carbons (Fsp3) is 1.00.